The van der Waals surface area contributed by atoms with Crippen LogP contribution in [0.15, 0.2) is 41.9 Å². The van der Waals surface area contributed by atoms with Crippen molar-refractivity contribution >= 4 is 28.2 Å². The number of hydrogen-bond acceptors (Lipinski definition) is 5. The fraction of sp³-hybridized carbons (Fsp3) is 0.0714. The maximum Gasteiger partial charge on any atom is 0.357 e. The Morgan fingerprint density at radius 3 is 3.05 bits per heavy atom. The van der Waals surface area contributed by atoms with Crippen LogP contribution in [0.2, 0.25) is 0 Å². The van der Waals surface area contributed by atoms with Gasteiger partial charge < -0.3 is 4.74 Å². The summed E-state index contributed by atoms with van der Waals surface area (Å²) in [6, 6.07) is 9.82. The topological polar surface area (TPSA) is 52.1 Å². The van der Waals surface area contributed by atoms with E-state index < -0.39 is 5.97 Å². The van der Waals surface area contributed by atoms with E-state index in [1.807, 2.05) is 30.3 Å². The highest BCUT2D eigenvalue weighted by Gasteiger charge is 2.12. The number of carbonyl (C=O) groups is 1. The molecule has 0 unspecified atom stereocenters. The SMILES string of the molecule is COC(=O)c1csc(-c2ccc3ncccc3c2)n1. The third-order valence-electron chi connectivity index (χ3n) is 2.75. The summed E-state index contributed by atoms with van der Waals surface area (Å²) in [5, 5.41) is 3.55. The minimum atomic E-state index is -0.412. The Labute approximate surface area is 113 Å². The van der Waals surface area contributed by atoms with Crippen molar-refractivity contribution in [3.63, 3.8) is 0 Å². The molecule has 0 saturated carbocycles. The fourth-order valence-corrected chi connectivity index (χ4v) is 2.60. The van der Waals surface area contributed by atoms with E-state index in [0.717, 1.165) is 21.5 Å². The fourth-order valence-electron chi connectivity index (χ4n) is 1.81. The number of pyridine rings is 1. The molecule has 0 N–H and O–H groups in total. The van der Waals surface area contributed by atoms with Crippen molar-refractivity contribution in [2.75, 3.05) is 7.11 Å². The molecule has 0 spiro atoms. The van der Waals surface area contributed by atoms with E-state index in [0.29, 0.717) is 5.69 Å². The molecule has 2 heterocycles. The summed E-state index contributed by atoms with van der Waals surface area (Å²) in [6.07, 6.45) is 1.76. The molecule has 0 saturated heterocycles. The van der Waals surface area contributed by atoms with Gasteiger partial charge in [0.2, 0.25) is 0 Å². The number of ether oxygens (including phenoxy) is 1. The van der Waals surface area contributed by atoms with Crippen molar-refractivity contribution in [2.45, 2.75) is 0 Å². The lowest BCUT2D eigenvalue weighted by molar-refractivity contribution is 0.0595. The van der Waals surface area contributed by atoms with Gasteiger partial charge in [0.25, 0.3) is 0 Å². The number of rotatable bonds is 2. The molecule has 0 fully saturated rings. The van der Waals surface area contributed by atoms with Crippen LogP contribution in [0.1, 0.15) is 10.5 Å². The van der Waals surface area contributed by atoms with Gasteiger partial charge in [-0.2, -0.15) is 0 Å². The normalized spacial score (nSPS) is 10.6. The van der Waals surface area contributed by atoms with Crippen LogP contribution < -0.4 is 0 Å². The minimum absolute atomic E-state index is 0.341. The maximum atomic E-state index is 11.4. The lowest BCUT2D eigenvalue weighted by atomic mass is 10.1. The highest BCUT2D eigenvalue weighted by Crippen LogP contribution is 2.26. The van der Waals surface area contributed by atoms with Gasteiger partial charge in [-0.15, -0.1) is 11.3 Å². The van der Waals surface area contributed by atoms with Crippen LogP contribution in [0, 0.1) is 0 Å². The molecule has 0 aliphatic heterocycles. The number of esters is 1. The monoisotopic (exact) mass is 270 g/mol. The van der Waals surface area contributed by atoms with E-state index in [1.54, 1.807) is 11.6 Å². The largest absolute Gasteiger partial charge is 0.464 e. The van der Waals surface area contributed by atoms with E-state index in [-0.39, 0.29) is 0 Å². The summed E-state index contributed by atoms with van der Waals surface area (Å²) in [6.45, 7) is 0. The van der Waals surface area contributed by atoms with Gasteiger partial charge >= 0.3 is 5.97 Å². The van der Waals surface area contributed by atoms with Crippen LogP contribution in [0.3, 0.4) is 0 Å². The molecule has 1 aromatic carbocycles. The number of hydrogen-bond donors (Lipinski definition) is 0. The van der Waals surface area contributed by atoms with E-state index in [4.69, 9.17) is 0 Å². The zero-order chi connectivity index (χ0) is 13.2. The van der Waals surface area contributed by atoms with E-state index in [2.05, 4.69) is 14.7 Å². The Hall–Kier alpha value is -2.27. The second-order valence-electron chi connectivity index (χ2n) is 3.94. The number of aromatic nitrogens is 2. The molecule has 2 aromatic heterocycles. The quantitative estimate of drug-likeness (QED) is 0.671. The molecule has 0 atom stereocenters. The van der Waals surface area contributed by atoms with E-state index >= 15 is 0 Å². The zero-order valence-electron chi connectivity index (χ0n) is 10.2. The van der Waals surface area contributed by atoms with Crippen LogP contribution in [0.5, 0.6) is 0 Å². The van der Waals surface area contributed by atoms with Gasteiger partial charge in [-0.3, -0.25) is 4.98 Å². The number of nitrogens with zero attached hydrogens (tertiary/aromatic N) is 2. The van der Waals surface area contributed by atoms with Crippen molar-refractivity contribution in [1.82, 2.24) is 9.97 Å². The molecule has 19 heavy (non-hydrogen) atoms. The van der Waals surface area contributed by atoms with Crippen LogP contribution >= 0.6 is 11.3 Å². The van der Waals surface area contributed by atoms with Gasteiger partial charge in [-0.25, -0.2) is 9.78 Å². The third kappa shape index (κ3) is 2.20. The standard InChI is InChI=1S/C14H10N2O2S/c1-18-14(17)12-8-19-13(16-12)10-4-5-11-9(7-10)3-2-6-15-11/h2-8H,1H3. The van der Waals surface area contributed by atoms with Gasteiger partial charge in [-0.1, -0.05) is 6.07 Å². The summed E-state index contributed by atoms with van der Waals surface area (Å²) in [5.74, 6) is -0.412. The van der Waals surface area contributed by atoms with Crippen molar-refractivity contribution in [2.24, 2.45) is 0 Å². The number of benzene rings is 1. The second kappa shape index (κ2) is 4.78. The van der Waals surface area contributed by atoms with Crippen LogP contribution in [0.4, 0.5) is 0 Å². The summed E-state index contributed by atoms with van der Waals surface area (Å²) < 4.78 is 4.65. The molecule has 0 bridgehead atoms. The van der Waals surface area contributed by atoms with Crippen LogP contribution in [0.25, 0.3) is 21.5 Å². The molecule has 0 aliphatic carbocycles. The van der Waals surface area contributed by atoms with Crippen LogP contribution in [-0.2, 0) is 4.74 Å². The van der Waals surface area contributed by atoms with E-state index in [9.17, 15) is 4.79 Å². The third-order valence-corrected chi connectivity index (χ3v) is 3.64. The Kier molecular flexibility index (Phi) is 2.97. The average molecular weight is 270 g/mol. The summed E-state index contributed by atoms with van der Waals surface area (Å²) in [5.41, 5.74) is 2.26. The van der Waals surface area contributed by atoms with Crippen molar-refractivity contribution in [3.8, 4) is 10.6 Å². The van der Waals surface area contributed by atoms with Crippen LogP contribution in [-0.4, -0.2) is 23.0 Å². The van der Waals surface area contributed by atoms with Gasteiger partial charge in [-0.05, 0) is 24.3 Å². The predicted molar refractivity (Wildman–Crippen MR) is 74.2 cm³/mol. The molecule has 3 aromatic rings. The first-order valence-electron chi connectivity index (χ1n) is 5.67. The van der Waals surface area contributed by atoms with Crippen molar-refractivity contribution in [3.05, 3.63) is 47.6 Å². The van der Waals surface area contributed by atoms with Gasteiger partial charge in [0.15, 0.2) is 5.69 Å². The Balaban J connectivity index is 2.04. The van der Waals surface area contributed by atoms with Gasteiger partial charge in [0.05, 0.1) is 12.6 Å². The molecule has 0 amide bonds. The van der Waals surface area contributed by atoms with Crippen molar-refractivity contribution in [1.29, 1.82) is 0 Å². The zero-order valence-corrected chi connectivity index (χ0v) is 11.0. The molecular formula is C14H10N2O2S. The Morgan fingerprint density at radius 2 is 2.21 bits per heavy atom. The van der Waals surface area contributed by atoms with Gasteiger partial charge in [0, 0.05) is 22.5 Å². The molecule has 94 valence electrons. The predicted octanol–water partition coefficient (Wildman–Crippen LogP) is 3.14. The summed E-state index contributed by atoms with van der Waals surface area (Å²) in [4.78, 5) is 19.9. The molecular weight excluding hydrogens is 260 g/mol. The lowest BCUT2D eigenvalue weighted by Gasteiger charge is -1.99. The van der Waals surface area contributed by atoms with Gasteiger partial charge in [0.1, 0.15) is 5.01 Å². The summed E-state index contributed by atoms with van der Waals surface area (Å²) >= 11 is 1.42. The highest BCUT2D eigenvalue weighted by molar-refractivity contribution is 7.13. The maximum absolute atomic E-state index is 11.4. The Morgan fingerprint density at radius 1 is 1.32 bits per heavy atom. The minimum Gasteiger partial charge on any atom is -0.464 e. The van der Waals surface area contributed by atoms with E-state index in [1.165, 1.54) is 18.4 Å². The molecule has 0 aliphatic rings. The number of carbonyl (C=O) groups excluding carboxylic acids is 1. The molecule has 0 radical (unpaired) electrons. The first-order valence-corrected chi connectivity index (χ1v) is 6.55. The lowest BCUT2D eigenvalue weighted by Crippen LogP contribution is -2.00. The number of methoxy groups -OCH3 is 1. The average Bonchev–Trinajstić information content (AvgIpc) is 2.95. The Bertz CT molecular complexity index is 752. The van der Waals surface area contributed by atoms with Crippen molar-refractivity contribution < 1.29 is 9.53 Å². The second-order valence-corrected chi connectivity index (χ2v) is 4.80. The first kappa shape index (κ1) is 11.8. The molecule has 4 nitrogen and oxygen atoms in total. The molecule has 5 heteroatoms. The highest BCUT2D eigenvalue weighted by atomic mass is 32.1. The summed E-state index contributed by atoms with van der Waals surface area (Å²) in [7, 11) is 1.35. The smallest absolute Gasteiger partial charge is 0.357 e. The first-order chi connectivity index (χ1) is 9.28. The number of thiazole rings is 1. The number of fused-ring (bicyclic) bond motifs is 1. The molecule has 3 rings (SSSR count).